The van der Waals surface area contributed by atoms with Crippen molar-refractivity contribution in [2.24, 2.45) is 0 Å². The van der Waals surface area contributed by atoms with E-state index in [4.69, 9.17) is 4.74 Å². The number of nitro benzene ring substituents is 1. The lowest BCUT2D eigenvalue weighted by molar-refractivity contribution is -0.384. The summed E-state index contributed by atoms with van der Waals surface area (Å²) < 4.78 is 19.6. The van der Waals surface area contributed by atoms with Gasteiger partial charge in [0.15, 0.2) is 0 Å². The zero-order valence-corrected chi connectivity index (χ0v) is 15.7. The van der Waals surface area contributed by atoms with E-state index in [0.717, 1.165) is 43.4 Å². The van der Waals surface area contributed by atoms with E-state index in [1.807, 2.05) is 26.0 Å². The minimum Gasteiger partial charge on any atom is -0.373 e. The molecule has 7 nitrogen and oxygen atoms in total. The van der Waals surface area contributed by atoms with Crippen LogP contribution in [0, 0.1) is 15.9 Å². The number of nitrogens with zero attached hydrogens (tertiary/aromatic N) is 2. The summed E-state index contributed by atoms with van der Waals surface area (Å²) in [5.74, 6) is -1.26. The van der Waals surface area contributed by atoms with Gasteiger partial charge in [0.2, 0.25) is 0 Å². The number of nitro groups is 1. The monoisotopic (exact) mass is 387 g/mol. The van der Waals surface area contributed by atoms with Crippen molar-refractivity contribution < 1.29 is 18.8 Å². The van der Waals surface area contributed by atoms with Crippen molar-refractivity contribution in [2.75, 3.05) is 18.4 Å². The molecule has 1 N–H and O–H groups in total. The number of ether oxygens (including phenoxy) is 1. The molecule has 0 aromatic heterocycles. The van der Waals surface area contributed by atoms with Gasteiger partial charge in [-0.2, -0.15) is 0 Å². The molecule has 28 heavy (non-hydrogen) atoms. The first kappa shape index (κ1) is 19.9. The standard InChI is InChI=1S/C20H22FN3O4/c1-13-10-23(11-14(2)28-13)12-15-3-5-16(6-4-15)20(25)22-19-9-17(24(26)27)7-8-18(19)21/h3-9,13-14H,10-12H2,1-2H3,(H,22,25). The normalized spacial score (nSPS) is 20.0. The SMILES string of the molecule is CC1CN(Cc2ccc(C(=O)Nc3cc([N+](=O)[O-])ccc3F)cc2)CC(C)O1. The minimum atomic E-state index is -0.730. The molecule has 0 spiro atoms. The van der Waals surface area contributed by atoms with Gasteiger partial charge in [0.05, 0.1) is 22.8 Å². The molecule has 1 aliphatic heterocycles. The average Bonchev–Trinajstić information content (AvgIpc) is 2.63. The fourth-order valence-corrected chi connectivity index (χ4v) is 3.35. The quantitative estimate of drug-likeness (QED) is 0.626. The van der Waals surface area contributed by atoms with E-state index in [1.165, 1.54) is 0 Å². The summed E-state index contributed by atoms with van der Waals surface area (Å²) in [6, 6.07) is 10.0. The average molecular weight is 387 g/mol. The molecule has 2 atom stereocenters. The van der Waals surface area contributed by atoms with Crippen molar-refractivity contribution in [3.8, 4) is 0 Å². The predicted molar refractivity (Wildman–Crippen MR) is 103 cm³/mol. The highest BCUT2D eigenvalue weighted by atomic mass is 19.1. The number of halogens is 1. The van der Waals surface area contributed by atoms with Gasteiger partial charge >= 0.3 is 0 Å². The number of morpholine rings is 1. The van der Waals surface area contributed by atoms with Crippen LogP contribution >= 0.6 is 0 Å². The van der Waals surface area contributed by atoms with E-state index >= 15 is 0 Å². The van der Waals surface area contributed by atoms with Crippen LogP contribution in [0.2, 0.25) is 0 Å². The van der Waals surface area contributed by atoms with Gasteiger partial charge in [0.1, 0.15) is 5.82 Å². The van der Waals surface area contributed by atoms with Crippen molar-refractivity contribution in [1.82, 2.24) is 4.90 Å². The van der Waals surface area contributed by atoms with E-state index in [1.54, 1.807) is 12.1 Å². The molecule has 148 valence electrons. The number of carbonyl (C=O) groups is 1. The van der Waals surface area contributed by atoms with Crippen molar-refractivity contribution in [2.45, 2.75) is 32.6 Å². The first-order valence-electron chi connectivity index (χ1n) is 9.04. The molecule has 2 aromatic rings. The first-order chi connectivity index (χ1) is 13.3. The fraction of sp³-hybridized carbons (Fsp3) is 0.350. The maximum absolute atomic E-state index is 13.8. The molecule has 1 aliphatic rings. The Bertz CT molecular complexity index is 862. The van der Waals surface area contributed by atoms with Gasteiger partial charge in [-0.05, 0) is 37.6 Å². The van der Waals surface area contributed by atoms with E-state index in [0.29, 0.717) is 5.56 Å². The molecule has 1 fully saturated rings. The van der Waals surface area contributed by atoms with Crippen LogP contribution in [0.1, 0.15) is 29.8 Å². The molecular formula is C20H22FN3O4. The molecule has 1 heterocycles. The lowest BCUT2D eigenvalue weighted by atomic mass is 10.1. The lowest BCUT2D eigenvalue weighted by Crippen LogP contribution is -2.44. The van der Waals surface area contributed by atoms with Crippen LogP contribution in [0.25, 0.3) is 0 Å². The van der Waals surface area contributed by atoms with Gasteiger partial charge in [0, 0.05) is 37.3 Å². The molecule has 1 saturated heterocycles. The van der Waals surface area contributed by atoms with Crippen LogP contribution in [0.4, 0.5) is 15.8 Å². The zero-order chi connectivity index (χ0) is 20.3. The van der Waals surface area contributed by atoms with Gasteiger partial charge in [-0.25, -0.2) is 4.39 Å². The van der Waals surface area contributed by atoms with Gasteiger partial charge in [-0.1, -0.05) is 12.1 Å². The summed E-state index contributed by atoms with van der Waals surface area (Å²) in [5, 5.41) is 13.2. The highest BCUT2D eigenvalue weighted by molar-refractivity contribution is 6.04. The second-order valence-corrected chi connectivity index (χ2v) is 7.02. The summed E-state index contributed by atoms with van der Waals surface area (Å²) >= 11 is 0. The number of non-ortho nitro benzene ring substituents is 1. The zero-order valence-electron chi connectivity index (χ0n) is 15.7. The van der Waals surface area contributed by atoms with Crippen LogP contribution in [-0.4, -0.2) is 41.0 Å². The van der Waals surface area contributed by atoms with Crippen LogP contribution in [0.3, 0.4) is 0 Å². The van der Waals surface area contributed by atoms with Crippen molar-refractivity contribution >= 4 is 17.3 Å². The molecule has 8 heteroatoms. The Morgan fingerprint density at radius 3 is 2.46 bits per heavy atom. The Morgan fingerprint density at radius 1 is 1.21 bits per heavy atom. The summed E-state index contributed by atoms with van der Waals surface area (Å²) in [4.78, 5) is 24.8. The number of benzene rings is 2. The van der Waals surface area contributed by atoms with Gasteiger partial charge in [0.25, 0.3) is 11.6 Å². The molecular weight excluding hydrogens is 365 g/mol. The summed E-state index contributed by atoms with van der Waals surface area (Å²) in [6.07, 6.45) is 0.359. The van der Waals surface area contributed by atoms with E-state index in [9.17, 15) is 19.3 Å². The number of amides is 1. The minimum absolute atomic E-state index is 0.179. The molecule has 1 amide bonds. The molecule has 2 unspecified atom stereocenters. The van der Waals surface area contributed by atoms with E-state index < -0.39 is 16.6 Å². The highest BCUT2D eigenvalue weighted by Crippen LogP contribution is 2.22. The van der Waals surface area contributed by atoms with Crippen LogP contribution < -0.4 is 5.32 Å². The number of hydrogen-bond donors (Lipinski definition) is 1. The Kier molecular flexibility index (Phi) is 6.01. The Morgan fingerprint density at radius 2 is 1.86 bits per heavy atom. The third-order valence-electron chi connectivity index (χ3n) is 4.53. The lowest BCUT2D eigenvalue weighted by Gasteiger charge is -2.35. The number of anilines is 1. The number of carbonyl (C=O) groups excluding carboxylic acids is 1. The van der Waals surface area contributed by atoms with E-state index in [2.05, 4.69) is 10.2 Å². The number of rotatable bonds is 5. The van der Waals surface area contributed by atoms with Gasteiger partial charge in [-0.15, -0.1) is 0 Å². The molecule has 0 aliphatic carbocycles. The van der Waals surface area contributed by atoms with Crippen molar-refractivity contribution in [3.63, 3.8) is 0 Å². The summed E-state index contributed by atoms with van der Waals surface area (Å²) in [5.41, 5.74) is 0.887. The molecule has 3 rings (SSSR count). The first-order valence-corrected chi connectivity index (χ1v) is 9.04. The number of hydrogen-bond acceptors (Lipinski definition) is 5. The predicted octanol–water partition coefficient (Wildman–Crippen LogP) is 3.60. The molecule has 0 bridgehead atoms. The summed E-state index contributed by atoms with van der Waals surface area (Å²) in [7, 11) is 0. The van der Waals surface area contributed by atoms with Crippen LogP contribution in [0.5, 0.6) is 0 Å². The third kappa shape index (κ3) is 4.90. The number of nitrogens with one attached hydrogen (secondary N) is 1. The highest BCUT2D eigenvalue weighted by Gasteiger charge is 2.22. The second-order valence-electron chi connectivity index (χ2n) is 7.02. The largest absolute Gasteiger partial charge is 0.373 e. The van der Waals surface area contributed by atoms with Crippen molar-refractivity contribution in [3.05, 3.63) is 69.5 Å². The topological polar surface area (TPSA) is 84.7 Å². The third-order valence-corrected chi connectivity index (χ3v) is 4.53. The Balaban J connectivity index is 1.65. The summed E-state index contributed by atoms with van der Waals surface area (Å²) in [6.45, 7) is 6.53. The Labute approximate surface area is 162 Å². The van der Waals surface area contributed by atoms with Crippen molar-refractivity contribution in [1.29, 1.82) is 0 Å². The smallest absolute Gasteiger partial charge is 0.271 e. The maximum atomic E-state index is 13.8. The van der Waals surface area contributed by atoms with E-state index in [-0.39, 0.29) is 23.6 Å². The molecule has 0 saturated carbocycles. The Hall–Kier alpha value is -2.84. The maximum Gasteiger partial charge on any atom is 0.271 e. The molecule has 0 radical (unpaired) electrons. The van der Waals surface area contributed by atoms with Gasteiger partial charge in [-0.3, -0.25) is 19.8 Å². The van der Waals surface area contributed by atoms with Gasteiger partial charge < -0.3 is 10.1 Å². The molecule has 2 aromatic carbocycles. The fourth-order valence-electron chi connectivity index (χ4n) is 3.35. The second kappa shape index (κ2) is 8.45. The van der Waals surface area contributed by atoms with Crippen LogP contribution in [0.15, 0.2) is 42.5 Å². The van der Waals surface area contributed by atoms with Crippen LogP contribution in [-0.2, 0) is 11.3 Å².